The predicted molar refractivity (Wildman–Crippen MR) is 89.6 cm³/mol. The van der Waals surface area contributed by atoms with Crippen LogP contribution in [0.5, 0.6) is 0 Å². The van der Waals surface area contributed by atoms with Crippen molar-refractivity contribution in [3.8, 4) is 0 Å². The number of hydrogen-bond donors (Lipinski definition) is 2. The van der Waals surface area contributed by atoms with Gasteiger partial charge in [-0.25, -0.2) is 0 Å². The third-order valence-corrected chi connectivity index (χ3v) is 4.17. The standard InChI is InChI=1S/C17H26N4O2/c1-14-11-19-8-10-20(14)13-17(23)21(9-7-16(18)22)12-15-5-3-2-4-6-15/h2-6,14,19H,7-13H2,1H3,(H2,18,22)/t14-/m1/s1. The Hall–Kier alpha value is -1.92. The van der Waals surface area contributed by atoms with Gasteiger partial charge in [0, 0.05) is 45.2 Å². The van der Waals surface area contributed by atoms with Gasteiger partial charge in [-0.3, -0.25) is 14.5 Å². The van der Waals surface area contributed by atoms with Crippen LogP contribution in [0.2, 0.25) is 0 Å². The average Bonchev–Trinajstić information content (AvgIpc) is 2.54. The molecule has 126 valence electrons. The summed E-state index contributed by atoms with van der Waals surface area (Å²) < 4.78 is 0. The van der Waals surface area contributed by atoms with E-state index in [4.69, 9.17) is 5.73 Å². The minimum atomic E-state index is -0.383. The zero-order valence-corrected chi connectivity index (χ0v) is 13.7. The molecule has 6 heteroatoms. The minimum Gasteiger partial charge on any atom is -0.370 e. The molecule has 0 unspecified atom stereocenters. The summed E-state index contributed by atoms with van der Waals surface area (Å²) in [6.45, 7) is 6.03. The van der Waals surface area contributed by atoms with Gasteiger partial charge < -0.3 is 16.0 Å². The number of nitrogens with one attached hydrogen (secondary N) is 1. The van der Waals surface area contributed by atoms with Crippen LogP contribution in [0.1, 0.15) is 18.9 Å². The van der Waals surface area contributed by atoms with E-state index in [1.165, 1.54) is 0 Å². The minimum absolute atomic E-state index is 0.0452. The van der Waals surface area contributed by atoms with Crippen molar-refractivity contribution in [1.29, 1.82) is 0 Å². The lowest BCUT2D eigenvalue weighted by molar-refractivity contribution is -0.134. The Morgan fingerprint density at radius 1 is 1.35 bits per heavy atom. The van der Waals surface area contributed by atoms with Gasteiger partial charge in [-0.15, -0.1) is 0 Å². The first-order valence-electron chi connectivity index (χ1n) is 8.11. The Morgan fingerprint density at radius 3 is 2.74 bits per heavy atom. The van der Waals surface area contributed by atoms with Crippen molar-refractivity contribution in [3.05, 3.63) is 35.9 Å². The van der Waals surface area contributed by atoms with Crippen LogP contribution < -0.4 is 11.1 Å². The molecule has 0 aliphatic carbocycles. The Kier molecular flexibility index (Phi) is 6.55. The van der Waals surface area contributed by atoms with E-state index in [-0.39, 0.29) is 18.2 Å². The molecule has 1 aromatic carbocycles. The van der Waals surface area contributed by atoms with Crippen LogP contribution in [0.15, 0.2) is 30.3 Å². The number of nitrogens with two attached hydrogens (primary N) is 1. The maximum atomic E-state index is 12.7. The molecule has 0 saturated carbocycles. The zero-order valence-electron chi connectivity index (χ0n) is 13.7. The molecule has 1 aliphatic rings. The molecule has 0 bridgehead atoms. The van der Waals surface area contributed by atoms with E-state index < -0.39 is 0 Å². The fourth-order valence-corrected chi connectivity index (χ4v) is 2.73. The van der Waals surface area contributed by atoms with Crippen LogP contribution >= 0.6 is 0 Å². The summed E-state index contributed by atoms with van der Waals surface area (Å²) in [7, 11) is 0. The lowest BCUT2D eigenvalue weighted by atomic mass is 10.2. The highest BCUT2D eigenvalue weighted by Gasteiger charge is 2.23. The van der Waals surface area contributed by atoms with Crippen molar-refractivity contribution in [2.24, 2.45) is 5.73 Å². The van der Waals surface area contributed by atoms with Gasteiger partial charge >= 0.3 is 0 Å². The summed E-state index contributed by atoms with van der Waals surface area (Å²) in [5.74, 6) is -0.338. The molecule has 2 rings (SSSR count). The first-order valence-corrected chi connectivity index (χ1v) is 8.11. The number of carbonyl (C=O) groups is 2. The number of piperazine rings is 1. The molecule has 6 nitrogen and oxygen atoms in total. The normalized spacial score (nSPS) is 18.6. The van der Waals surface area contributed by atoms with Gasteiger partial charge in [-0.1, -0.05) is 30.3 Å². The second-order valence-corrected chi connectivity index (χ2v) is 6.04. The molecular formula is C17H26N4O2. The van der Waals surface area contributed by atoms with Crippen molar-refractivity contribution < 1.29 is 9.59 Å². The topological polar surface area (TPSA) is 78.7 Å². The van der Waals surface area contributed by atoms with Crippen LogP contribution in [0.4, 0.5) is 0 Å². The number of nitrogens with zero attached hydrogens (tertiary/aromatic N) is 2. The fraction of sp³-hybridized carbons (Fsp3) is 0.529. The van der Waals surface area contributed by atoms with Gasteiger partial charge in [-0.05, 0) is 12.5 Å². The number of primary amides is 1. The van der Waals surface area contributed by atoms with E-state index in [0.717, 1.165) is 25.2 Å². The van der Waals surface area contributed by atoms with Gasteiger partial charge in [-0.2, -0.15) is 0 Å². The quantitative estimate of drug-likeness (QED) is 0.752. The van der Waals surface area contributed by atoms with Gasteiger partial charge in [0.05, 0.1) is 6.54 Å². The summed E-state index contributed by atoms with van der Waals surface area (Å²) in [6, 6.07) is 10.1. The van der Waals surface area contributed by atoms with Crippen LogP contribution in [0.3, 0.4) is 0 Å². The highest BCUT2D eigenvalue weighted by atomic mass is 16.2. The Morgan fingerprint density at radius 2 is 2.09 bits per heavy atom. The molecule has 0 spiro atoms. The molecule has 1 saturated heterocycles. The summed E-state index contributed by atoms with van der Waals surface area (Å²) in [5.41, 5.74) is 6.30. The van der Waals surface area contributed by atoms with Crippen molar-refractivity contribution in [2.45, 2.75) is 25.9 Å². The Bertz CT molecular complexity index is 521. The zero-order chi connectivity index (χ0) is 16.7. The highest BCUT2D eigenvalue weighted by Crippen LogP contribution is 2.08. The first-order chi connectivity index (χ1) is 11.1. The second kappa shape index (κ2) is 8.64. The van der Waals surface area contributed by atoms with Crippen LogP contribution in [0, 0.1) is 0 Å². The molecule has 1 aliphatic heterocycles. The van der Waals surface area contributed by atoms with Crippen molar-refractivity contribution in [3.63, 3.8) is 0 Å². The van der Waals surface area contributed by atoms with Gasteiger partial charge in [0.15, 0.2) is 0 Å². The predicted octanol–water partition coefficient (Wildman–Crippen LogP) is 0.184. The van der Waals surface area contributed by atoms with E-state index in [9.17, 15) is 9.59 Å². The molecule has 1 heterocycles. The third kappa shape index (κ3) is 5.65. The molecule has 0 aromatic heterocycles. The maximum absolute atomic E-state index is 12.7. The van der Waals surface area contributed by atoms with E-state index >= 15 is 0 Å². The lowest BCUT2D eigenvalue weighted by Gasteiger charge is -2.35. The average molecular weight is 318 g/mol. The second-order valence-electron chi connectivity index (χ2n) is 6.04. The van der Waals surface area contributed by atoms with Crippen molar-refractivity contribution >= 4 is 11.8 Å². The first kappa shape index (κ1) is 17.4. The summed E-state index contributed by atoms with van der Waals surface area (Å²) >= 11 is 0. The van der Waals surface area contributed by atoms with Crippen LogP contribution in [0.25, 0.3) is 0 Å². The van der Waals surface area contributed by atoms with E-state index in [0.29, 0.717) is 25.7 Å². The highest BCUT2D eigenvalue weighted by molar-refractivity contribution is 5.79. The van der Waals surface area contributed by atoms with E-state index in [1.807, 2.05) is 30.3 Å². The molecule has 1 aromatic rings. The number of carbonyl (C=O) groups excluding carboxylic acids is 2. The fourth-order valence-electron chi connectivity index (χ4n) is 2.73. The smallest absolute Gasteiger partial charge is 0.237 e. The van der Waals surface area contributed by atoms with Crippen molar-refractivity contribution in [2.75, 3.05) is 32.7 Å². The number of benzene rings is 1. The summed E-state index contributed by atoms with van der Waals surface area (Å²) in [4.78, 5) is 27.7. The summed E-state index contributed by atoms with van der Waals surface area (Å²) in [6.07, 6.45) is 0.190. The lowest BCUT2D eigenvalue weighted by Crippen LogP contribution is -2.53. The Balaban J connectivity index is 1.99. The number of hydrogen-bond acceptors (Lipinski definition) is 4. The van der Waals surface area contributed by atoms with E-state index in [2.05, 4.69) is 17.1 Å². The van der Waals surface area contributed by atoms with Gasteiger partial charge in [0.1, 0.15) is 0 Å². The molecule has 23 heavy (non-hydrogen) atoms. The summed E-state index contributed by atoms with van der Waals surface area (Å²) in [5, 5.41) is 3.32. The number of rotatable bonds is 7. The molecular weight excluding hydrogens is 292 g/mol. The molecule has 2 amide bonds. The SMILES string of the molecule is C[C@@H]1CNCCN1CC(=O)N(CCC(N)=O)Cc1ccccc1. The molecule has 1 fully saturated rings. The maximum Gasteiger partial charge on any atom is 0.237 e. The molecule has 1 atom stereocenters. The largest absolute Gasteiger partial charge is 0.370 e. The van der Waals surface area contributed by atoms with Gasteiger partial charge in [0.2, 0.25) is 11.8 Å². The van der Waals surface area contributed by atoms with Crippen LogP contribution in [-0.4, -0.2) is 60.4 Å². The molecule has 0 radical (unpaired) electrons. The van der Waals surface area contributed by atoms with Gasteiger partial charge in [0.25, 0.3) is 0 Å². The van der Waals surface area contributed by atoms with E-state index in [1.54, 1.807) is 4.90 Å². The van der Waals surface area contributed by atoms with Crippen LogP contribution in [-0.2, 0) is 16.1 Å². The third-order valence-electron chi connectivity index (χ3n) is 4.17. The monoisotopic (exact) mass is 318 g/mol. The Labute approximate surface area is 137 Å². The van der Waals surface area contributed by atoms with Crippen molar-refractivity contribution in [1.82, 2.24) is 15.1 Å². The number of amides is 2. The molecule has 3 N–H and O–H groups in total.